The second kappa shape index (κ2) is 6.59. The number of aryl methyl sites for hydroxylation is 1. The van der Waals surface area contributed by atoms with E-state index in [0.29, 0.717) is 5.56 Å². The molecule has 4 amide bonds. The number of amides is 4. The molecule has 0 radical (unpaired) electrons. The van der Waals surface area contributed by atoms with Crippen LogP contribution in [0, 0.1) is 13.8 Å². The summed E-state index contributed by atoms with van der Waals surface area (Å²) in [5.74, 6) is -2.16. The van der Waals surface area contributed by atoms with E-state index in [1.807, 2.05) is 25.3 Å². The van der Waals surface area contributed by atoms with E-state index in [0.717, 1.165) is 34.2 Å². The Morgan fingerprint density at radius 3 is 2.25 bits per heavy atom. The molecule has 7 heteroatoms. The van der Waals surface area contributed by atoms with Crippen molar-refractivity contribution in [1.29, 1.82) is 0 Å². The van der Waals surface area contributed by atoms with Crippen LogP contribution in [-0.2, 0) is 16.1 Å². The summed E-state index contributed by atoms with van der Waals surface area (Å²) in [6.45, 7) is 9.48. The van der Waals surface area contributed by atoms with Gasteiger partial charge < -0.3 is 4.57 Å². The summed E-state index contributed by atoms with van der Waals surface area (Å²) < 4.78 is 2.03. The quantitative estimate of drug-likeness (QED) is 0.452. The van der Waals surface area contributed by atoms with Crippen molar-refractivity contribution in [2.75, 3.05) is 6.54 Å². The number of carbonyl (C=O) groups is 4. The Morgan fingerprint density at radius 2 is 1.75 bits per heavy atom. The van der Waals surface area contributed by atoms with Crippen LogP contribution in [0.15, 0.2) is 6.07 Å². The first kappa shape index (κ1) is 17.9. The smallest absolute Gasteiger partial charge is 0.334 e. The number of rotatable bonds is 6. The summed E-state index contributed by atoms with van der Waals surface area (Å²) in [5.41, 5.74) is 2.25. The van der Waals surface area contributed by atoms with E-state index in [-0.39, 0.29) is 5.78 Å². The van der Waals surface area contributed by atoms with Crippen molar-refractivity contribution in [2.24, 2.45) is 0 Å². The highest BCUT2D eigenvalue weighted by Crippen LogP contribution is 2.19. The largest absolute Gasteiger partial charge is 0.348 e. The summed E-state index contributed by atoms with van der Waals surface area (Å²) in [6, 6.07) is 0.611. The van der Waals surface area contributed by atoms with Crippen molar-refractivity contribution < 1.29 is 19.2 Å². The van der Waals surface area contributed by atoms with E-state index in [4.69, 9.17) is 0 Å². The number of hydrogen-bond donors (Lipinski definition) is 0. The van der Waals surface area contributed by atoms with Crippen LogP contribution >= 0.6 is 0 Å². The Kier molecular flexibility index (Phi) is 4.91. The van der Waals surface area contributed by atoms with Crippen molar-refractivity contribution >= 4 is 23.6 Å². The van der Waals surface area contributed by atoms with Crippen LogP contribution in [0.3, 0.4) is 0 Å². The van der Waals surface area contributed by atoms with Gasteiger partial charge in [0.1, 0.15) is 0 Å². The highest BCUT2D eigenvalue weighted by Gasteiger charge is 2.46. The molecule has 130 valence electrons. The van der Waals surface area contributed by atoms with Crippen molar-refractivity contribution in [1.82, 2.24) is 14.4 Å². The van der Waals surface area contributed by atoms with E-state index in [1.165, 1.54) is 0 Å². The van der Waals surface area contributed by atoms with E-state index < -0.39 is 30.4 Å². The number of nitrogens with zero attached hydrogens (tertiary/aromatic N) is 3. The minimum Gasteiger partial charge on any atom is -0.348 e. The molecular weight excluding hydrogens is 310 g/mol. The van der Waals surface area contributed by atoms with Gasteiger partial charge in [-0.2, -0.15) is 0 Å². The fourth-order valence-electron chi connectivity index (χ4n) is 3.00. The third-order valence-electron chi connectivity index (χ3n) is 4.22. The summed E-state index contributed by atoms with van der Waals surface area (Å²) >= 11 is 0. The van der Waals surface area contributed by atoms with E-state index >= 15 is 0 Å². The molecule has 1 aromatic rings. The molecule has 2 rings (SSSR count). The lowest BCUT2D eigenvalue weighted by Crippen LogP contribution is -2.39. The fraction of sp³-hybridized carbons (Fsp3) is 0.529. The molecule has 0 unspecified atom stereocenters. The fourth-order valence-corrected chi connectivity index (χ4v) is 3.00. The topological polar surface area (TPSA) is 79.7 Å². The molecule has 0 atom stereocenters. The minimum absolute atomic E-state index is 0.342. The number of Topliss-reactive ketones (excluding diaryl/α,β-unsaturated/α-hetero) is 1. The van der Waals surface area contributed by atoms with Crippen molar-refractivity contribution in [3.05, 3.63) is 23.0 Å². The van der Waals surface area contributed by atoms with E-state index in [9.17, 15) is 19.2 Å². The maximum atomic E-state index is 12.6. The summed E-state index contributed by atoms with van der Waals surface area (Å²) in [5, 5.41) is 0. The summed E-state index contributed by atoms with van der Waals surface area (Å²) in [6.07, 6.45) is 0.935. The van der Waals surface area contributed by atoms with Gasteiger partial charge in [-0.15, -0.1) is 0 Å². The molecule has 0 spiro atoms. The molecule has 7 nitrogen and oxygen atoms in total. The Balaban J connectivity index is 2.24. The maximum Gasteiger partial charge on any atom is 0.334 e. The Hall–Kier alpha value is -2.44. The SMILES string of the molecule is CCCn1c(C)cc(C(=O)CN2C(=O)C(=O)N(C(C)C)C2=O)c1C. The van der Waals surface area contributed by atoms with Gasteiger partial charge in [0.05, 0.1) is 6.54 Å². The summed E-state index contributed by atoms with van der Waals surface area (Å²) in [7, 11) is 0. The van der Waals surface area contributed by atoms with Gasteiger partial charge >= 0.3 is 17.8 Å². The first-order chi connectivity index (χ1) is 11.2. The van der Waals surface area contributed by atoms with E-state index in [1.54, 1.807) is 19.9 Å². The standard InChI is InChI=1S/C17H23N3O4/c1-6-7-18-11(4)8-13(12(18)5)14(21)9-19-15(22)16(23)20(10(2)3)17(19)24/h8,10H,6-7,9H2,1-5H3. The second-order valence-electron chi connectivity index (χ2n) is 6.30. The van der Waals surface area contributed by atoms with Gasteiger partial charge in [-0.3, -0.25) is 19.3 Å². The predicted molar refractivity (Wildman–Crippen MR) is 87.6 cm³/mol. The van der Waals surface area contributed by atoms with Crippen LogP contribution in [0.1, 0.15) is 48.9 Å². The van der Waals surface area contributed by atoms with Crippen LogP contribution in [0.25, 0.3) is 0 Å². The number of imide groups is 2. The highest BCUT2D eigenvalue weighted by molar-refractivity contribution is 6.45. The number of ketones is 1. The molecule has 1 fully saturated rings. The Labute approximate surface area is 141 Å². The third kappa shape index (κ3) is 2.86. The molecule has 0 aromatic carbocycles. The highest BCUT2D eigenvalue weighted by atomic mass is 16.2. The van der Waals surface area contributed by atoms with Gasteiger partial charge in [0.25, 0.3) is 0 Å². The Bertz CT molecular complexity index is 718. The van der Waals surface area contributed by atoms with Crippen molar-refractivity contribution in [3.63, 3.8) is 0 Å². The van der Waals surface area contributed by atoms with Gasteiger partial charge in [-0.1, -0.05) is 6.92 Å². The predicted octanol–water partition coefficient (Wildman–Crippen LogP) is 1.90. The van der Waals surface area contributed by atoms with Crippen LogP contribution in [0.4, 0.5) is 4.79 Å². The lowest BCUT2D eigenvalue weighted by molar-refractivity contribution is -0.143. The van der Waals surface area contributed by atoms with Crippen LogP contribution < -0.4 is 0 Å². The molecule has 1 aliphatic rings. The summed E-state index contributed by atoms with van der Waals surface area (Å²) in [4.78, 5) is 50.3. The van der Waals surface area contributed by atoms with Gasteiger partial charge in [-0.25, -0.2) is 9.69 Å². The average molecular weight is 333 g/mol. The van der Waals surface area contributed by atoms with Crippen molar-refractivity contribution in [3.8, 4) is 0 Å². The van der Waals surface area contributed by atoms with Gasteiger partial charge in [0, 0.05) is 29.5 Å². The van der Waals surface area contributed by atoms with E-state index in [2.05, 4.69) is 0 Å². The first-order valence-corrected chi connectivity index (χ1v) is 8.09. The van der Waals surface area contributed by atoms with Crippen LogP contribution in [0.2, 0.25) is 0 Å². The number of hydrogen-bond acceptors (Lipinski definition) is 4. The number of aromatic nitrogens is 1. The molecule has 0 bridgehead atoms. The maximum absolute atomic E-state index is 12.6. The molecule has 2 heterocycles. The molecule has 0 N–H and O–H groups in total. The normalized spacial score (nSPS) is 15.2. The van der Waals surface area contributed by atoms with Gasteiger partial charge in [-0.05, 0) is 40.2 Å². The molecule has 0 aliphatic carbocycles. The zero-order valence-corrected chi connectivity index (χ0v) is 14.8. The van der Waals surface area contributed by atoms with Gasteiger partial charge in [0.2, 0.25) is 0 Å². The second-order valence-corrected chi connectivity index (χ2v) is 6.30. The van der Waals surface area contributed by atoms with Gasteiger partial charge in [0.15, 0.2) is 5.78 Å². The molecule has 0 saturated carbocycles. The molecule has 1 saturated heterocycles. The average Bonchev–Trinajstić information content (AvgIpc) is 2.90. The monoisotopic (exact) mass is 333 g/mol. The molecule has 24 heavy (non-hydrogen) atoms. The van der Waals surface area contributed by atoms with Crippen LogP contribution in [0.5, 0.6) is 0 Å². The zero-order chi connectivity index (χ0) is 18.2. The Morgan fingerprint density at radius 1 is 1.12 bits per heavy atom. The van der Waals surface area contributed by atoms with Crippen LogP contribution in [-0.4, -0.2) is 50.6 Å². The molecule has 1 aromatic heterocycles. The number of urea groups is 1. The third-order valence-corrected chi connectivity index (χ3v) is 4.22. The molecule has 1 aliphatic heterocycles. The number of carbonyl (C=O) groups excluding carboxylic acids is 4. The minimum atomic E-state index is -0.940. The zero-order valence-electron chi connectivity index (χ0n) is 14.8. The lowest BCUT2D eigenvalue weighted by atomic mass is 10.1. The van der Waals surface area contributed by atoms with Crippen molar-refractivity contribution in [2.45, 2.75) is 53.6 Å². The first-order valence-electron chi connectivity index (χ1n) is 8.09. The molecular formula is C17H23N3O4. The lowest BCUT2D eigenvalue weighted by Gasteiger charge is -2.18.